The maximum Gasteiger partial charge on any atom is 0.307 e. The van der Waals surface area contributed by atoms with Crippen molar-refractivity contribution in [1.29, 1.82) is 0 Å². The van der Waals surface area contributed by atoms with Gasteiger partial charge in [-0.1, -0.05) is 49.1 Å². The average Bonchev–Trinajstić information content (AvgIpc) is 3.10. The second-order valence-electron chi connectivity index (χ2n) is 8.37. The SMILES string of the molecule is CCCOC(=O)CCN1C(=O)/C(=C\c2ccc(OCc3cc(C)c(C)cc3C)c(OC)c2)SC1=S. The van der Waals surface area contributed by atoms with Crippen LogP contribution in [-0.4, -0.2) is 41.4 Å². The molecule has 2 aromatic rings. The van der Waals surface area contributed by atoms with Gasteiger partial charge in [0.05, 0.1) is 25.0 Å². The van der Waals surface area contributed by atoms with Crippen LogP contribution in [0, 0.1) is 20.8 Å². The largest absolute Gasteiger partial charge is 0.493 e. The van der Waals surface area contributed by atoms with E-state index in [-0.39, 0.29) is 24.8 Å². The topological polar surface area (TPSA) is 65.1 Å². The predicted molar refractivity (Wildman–Crippen MR) is 144 cm³/mol. The summed E-state index contributed by atoms with van der Waals surface area (Å²) in [6.45, 7) is 9.22. The van der Waals surface area contributed by atoms with Crippen LogP contribution in [0.3, 0.4) is 0 Å². The van der Waals surface area contributed by atoms with Gasteiger partial charge in [-0.05, 0) is 73.2 Å². The van der Waals surface area contributed by atoms with Crippen LogP contribution in [0.25, 0.3) is 6.08 Å². The van der Waals surface area contributed by atoms with Crippen molar-refractivity contribution < 1.29 is 23.8 Å². The maximum atomic E-state index is 12.9. The molecule has 6 nitrogen and oxygen atoms in total. The van der Waals surface area contributed by atoms with Gasteiger partial charge in [-0.25, -0.2) is 0 Å². The fourth-order valence-corrected chi connectivity index (χ4v) is 4.87. The smallest absolute Gasteiger partial charge is 0.307 e. The first kappa shape index (κ1) is 26.8. The van der Waals surface area contributed by atoms with E-state index in [2.05, 4.69) is 32.9 Å². The Morgan fingerprint density at radius 1 is 1.09 bits per heavy atom. The number of rotatable bonds is 10. The van der Waals surface area contributed by atoms with Gasteiger partial charge in [-0.3, -0.25) is 14.5 Å². The Bertz CT molecular complexity index is 1160. The first-order valence-electron chi connectivity index (χ1n) is 11.5. The maximum absolute atomic E-state index is 12.9. The summed E-state index contributed by atoms with van der Waals surface area (Å²) >= 11 is 6.58. The molecule has 0 bridgehead atoms. The van der Waals surface area contributed by atoms with E-state index in [1.807, 2.05) is 25.1 Å². The number of carbonyl (C=O) groups excluding carboxylic acids is 2. The molecular formula is C27H31NO5S2. The van der Waals surface area contributed by atoms with E-state index in [1.54, 1.807) is 13.2 Å². The Balaban J connectivity index is 1.69. The minimum absolute atomic E-state index is 0.111. The van der Waals surface area contributed by atoms with E-state index >= 15 is 0 Å². The molecule has 1 saturated heterocycles. The number of aryl methyl sites for hydroxylation is 3. The summed E-state index contributed by atoms with van der Waals surface area (Å²) < 4.78 is 17.1. The van der Waals surface area contributed by atoms with Gasteiger partial charge in [0.15, 0.2) is 11.5 Å². The van der Waals surface area contributed by atoms with Crippen LogP contribution >= 0.6 is 24.0 Å². The predicted octanol–water partition coefficient (Wildman–Crippen LogP) is 5.74. The number of esters is 1. The van der Waals surface area contributed by atoms with Crippen molar-refractivity contribution in [2.24, 2.45) is 0 Å². The molecule has 2 aromatic carbocycles. The van der Waals surface area contributed by atoms with Crippen molar-refractivity contribution in [3.63, 3.8) is 0 Å². The van der Waals surface area contributed by atoms with Gasteiger partial charge in [0.2, 0.25) is 0 Å². The lowest BCUT2D eigenvalue weighted by molar-refractivity contribution is -0.143. The Morgan fingerprint density at radius 3 is 2.54 bits per heavy atom. The molecule has 0 radical (unpaired) electrons. The third-order valence-electron chi connectivity index (χ3n) is 5.70. The van der Waals surface area contributed by atoms with Crippen LogP contribution in [0.2, 0.25) is 0 Å². The number of amides is 1. The standard InChI is InChI=1S/C27H31NO5S2/c1-6-11-32-25(29)9-10-28-26(30)24(35-27(28)34)15-20-7-8-22(23(14-20)31-5)33-16-21-13-18(3)17(2)12-19(21)4/h7-8,12-15H,6,9-11,16H2,1-5H3/b24-15+. The van der Waals surface area contributed by atoms with Crippen LogP contribution in [0.5, 0.6) is 11.5 Å². The second kappa shape index (κ2) is 12.2. The summed E-state index contributed by atoms with van der Waals surface area (Å²) in [5, 5.41) is 0. The first-order valence-corrected chi connectivity index (χ1v) is 12.7. The Kier molecular flexibility index (Phi) is 9.34. The third-order valence-corrected chi connectivity index (χ3v) is 7.08. The highest BCUT2D eigenvalue weighted by atomic mass is 32.2. The molecule has 1 aliphatic rings. The van der Waals surface area contributed by atoms with Crippen molar-refractivity contribution in [3.8, 4) is 11.5 Å². The van der Waals surface area contributed by atoms with E-state index in [0.29, 0.717) is 33.9 Å². The molecule has 1 amide bonds. The highest BCUT2D eigenvalue weighted by molar-refractivity contribution is 8.26. The zero-order chi connectivity index (χ0) is 25.5. The summed E-state index contributed by atoms with van der Waals surface area (Å²) in [5.74, 6) is 0.656. The number of benzene rings is 2. The molecule has 1 heterocycles. The average molecular weight is 514 g/mol. The number of nitrogens with zero attached hydrogens (tertiary/aromatic N) is 1. The number of ether oxygens (including phenoxy) is 3. The molecular weight excluding hydrogens is 482 g/mol. The fraction of sp³-hybridized carbons (Fsp3) is 0.370. The van der Waals surface area contributed by atoms with Gasteiger partial charge in [-0.2, -0.15) is 0 Å². The quantitative estimate of drug-likeness (QED) is 0.228. The summed E-state index contributed by atoms with van der Waals surface area (Å²) in [6.07, 6.45) is 2.64. The second-order valence-corrected chi connectivity index (χ2v) is 10.0. The summed E-state index contributed by atoms with van der Waals surface area (Å²) in [4.78, 5) is 26.6. The third kappa shape index (κ3) is 6.86. The molecule has 0 N–H and O–H groups in total. The fourth-order valence-electron chi connectivity index (χ4n) is 3.56. The minimum Gasteiger partial charge on any atom is -0.493 e. The zero-order valence-electron chi connectivity index (χ0n) is 20.8. The van der Waals surface area contributed by atoms with Crippen LogP contribution in [0.4, 0.5) is 0 Å². The van der Waals surface area contributed by atoms with Gasteiger partial charge in [0.1, 0.15) is 10.9 Å². The highest BCUT2D eigenvalue weighted by Crippen LogP contribution is 2.35. The summed E-state index contributed by atoms with van der Waals surface area (Å²) in [7, 11) is 1.59. The first-order chi connectivity index (χ1) is 16.7. The van der Waals surface area contributed by atoms with E-state index < -0.39 is 0 Å². The van der Waals surface area contributed by atoms with Gasteiger partial charge in [-0.15, -0.1) is 0 Å². The van der Waals surface area contributed by atoms with E-state index in [1.165, 1.54) is 33.4 Å². The Hall–Kier alpha value is -2.84. The zero-order valence-corrected chi connectivity index (χ0v) is 22.4. The van der Waals surface area contributed by atoms with Crippen LogP contribution in [0.15, 0.2) is 35.2 Å². The monoisotopic (exact) mass is 513 g/mol. The van der Waals surface area contributed by atoms with E-state index in [0.717, 1.165) is 17.5 Å². The van der Waals surface area contributed by atoms with Crippen LogP contribution in [0.1, 0.15) is 47.6 Å². The molecule has 0 aromatic heterocycles. The number of thiocarbonyl (C=S) groups is 1. The summed E-state index contributed by atoms with van der Waals surface area (Å²) in [6, 6.07) is 9.86. The number of hydrogen-bond acceptors (Lipinski definition) is 7. The molecule has 35 heavy (non-hydrogen) atoms. The van der Waals surface area contributed by atoms with Crippen molar-refractivity contribution >= 4 is 46.3 Å². The molecule has 1 aliphatic heterocycles. The van der Waals surface area contributed by atoms with E-state index in [4.69, 9.17) is 26.4 Å². The molecule has 1 fully saturated rings. The van der Waals surface area contributed by atoms with Crippen LogP contribution < -0.4 is 9.47 Å². The normalized spacial score (nSPS) is 14.5. The molecule has 8 heteroatoms. The van der Waals surface area contributed by atoms with Crippen molar-refractivity contribution in [3.05, 3.63) is 63.1 Å². The molecule has 0 saturated carbocycles. The molecule has 0 atom stereocenters. The molecule has 0 spiro atoms. The number of thioether (sulfide) groups is 1. The van der Waals surface area contributed by atoms with Crippen molar-refractivity contribution in [1.82, 2.24) is 4.90 Å². The Labute approximate surface area is 216 Å². The minimum atomic E-state index is -0.332. The lowest BCUT2D eigenvalue weighted by Crippen LogP contribution is -2.30. The number of methoxy groups -OCH3 is 1. The number of carbonyl (C=O) groups is 2. The van der Waals surface area contributed by atoms with E-state index in [9.17, 15) is 9.59 Å². The molecule has 0 aliphatic carbocycles. The van der Waals surface area contributed by atoms with Gasteiger partial charge >= 0.3 is 5.97 Å². The van der Waals surface area contributed by atoms with Crippen molar-refractivity contribution in [2.75, 3.05) is 20.3 Å². The highest BCUT2D eigenvalue weighted by Gasteiger charge is 2.32. The van der Waals surface area contributed by atoms with Gasteiger partial charge in [0.25, 0.3) is 5.91 Å². The van der Waals surface area contributed by atoms with Gasteiger partial charge in [0, 0.05) is 6.54 Å². The number of hydrogen-bond donors (Lipinski definition) is 0. The van der Waals surface area contributed by atoms with Gasteiger partial charge < -0.3 is 14.2 Å². The lowest BCUT2D eigenvalue weighted by Gasteiger charge is -2.14. The molecule has 3 rings (SSSR count). The Morgan fingerprint density at radius 2 is 1.83 bits per heavy atom. The van der Waals surface area contributed by atoms with Crippen LogP contribution in [-0.2, 0) is 20.9 Å². The molecule has 0 unspecified atom stereocenters. The summed E-state index contributed by atoms with van der Waals surface area (Å²) in [5.41, 5.74) is 5.59. The van der Waals surface area contributed by atoms with Crippen molar-refractivity contribution in [2.45, 2.75) is 47.1 Å². The lowest BCUT2D eigenvalue weighted by atomic mass is 10.0. The molecule has 186 valence electrons.